The van der Waals surface area contributed by atoms with Crippen LogP contribution in [0.5, 0.6) is 0 Å². The van der Waals surface area contributed by atoms with E-state index in [1.54, 1.807) is 24.3 Å². The summed E-state index contributed by atoms with van der Waals surface area (Å²) in [6.45, 7) is 1.89. The van der Waals surface area contributed by atoms with E-state index in [-0.39, 0.29) is 17.9 Å². The van der Waals surface area contributed by atoms with Crippen LogP contribution in [-0.2, 0) is 0 Å². The summed E-state index contributed by atoms with van der Waals surface area (Å²) in [5.41, 5.74) is 1.28. The minimum absolute atomic E-state index is 0.0532. The molecule has 0 saturated heterocycles. The van der Waals surface area contributed by atoms with Crippen molar-refractivity contribution in [3.8, 4) is 0 Å². The summed E-state index contributed by atoms with van der Waals surface area (Å²) in [6.07, 6.45) is 6.56. The van der Waals surface area contributed by atoms with Crippen molar-refractivity contribution in [1.82, 2.24) is 5.32 Å². The fourth-order valence-electron chi connectivity index (χ4n) is 3.33. The molecule has 2 aromatic rings. The summed E-state index contributed by atoms with van der Waals surface area (Å²) in [6, 6.07) is 8.97. The monoisotopic (exact) mass is 422 g/mol. The number of carbonyl (C=O) groups excluding carboxylic acids is 2. The van der Waals surface area contributed by atoms with Crippen molar-refractivity contribution in [2.45, 2.75) is 43.9 Å². The molecule has 1 fully saturated rings. The number of amides is 2. The van der Waals surface area contributed by atoms with Gasteiger partial charge in [0.25, 0.3) is 11.8 Å². The van der Waals surface area contributed by atoms with Gasteiger partial charge in [-0.15, -0.1) is 11.3 Å². The average Bonchev–Trinajstić information content (AvgIpc) is 3.02. The van der Waals surface area contributed by atoms with Crippen molar-refractivity contribution >= 4 is 51.5 Å². The SMILES string of the molecule is CSC1CCCC(NC(=O)c2sc(NC(=O)c3ccccc3Cl)cc2C)C1. The molecular weight excluding hydrogens is 400 g/mol. The molecule has 1 aromatic heterocycles. The van der Waals surface area contributed by atoms with Crippen LogP contribution in [0.15, 0.2) is 30.3 Å². The van der Waals surface area contributed by atoms with Gasteiger partial charge in [-0.25, -0.2) is 0 Å². The smallest absolute Gasteiger partial charge is 0.261 e. The molecule has 0 bridgehead atoms. The standard InChI is InChI=1S/C20H23ClN2O2S2/c1-12-10-17(23-19(24)15-8-3-4-9-16(15)21)27-18(12)20(25)22-13-6-5-7-14(11-13)26-2/h3-4,8-10,13-14H,5-7,11H2,1-2H3,(H,22,25)(H,23,24). The van der Waals surface area contributed by atoms with Gasteiger partial charge in [-0.05, 0) is 56.2 Å². The van der Waals surface area contributed by atoms with Gasteiger partial charge in [-0.1, -0.05) is 30.2 Å². The first-order valence-electron chi connectivity index (χ1n) is 8.98. The number of hydrogen-bond donors (Lipinski definition) is 2. The summed E-state index contributed by atoms with van der Waals surface area (Å²) in [5.74, 6) is -0.327. The molecule has 0 spiro atoms. The zero-order valence-electron chi connectivity index (χ0n) is 15.4. The van der Waals surface area contributed by atoms with Gasteiger partial charge in [-0.3, -0.25) is 9.59 Å². The van der Waals surface area contributed by atoms with Crippen molar-refractivity contribution in [2.24, 2.45) is 0 Å². The van der Waals surface area contributed by atoms with Gasteiger partial charge in [-0.2, -0.15) is 11.8 Å². The van der Waals surface area contributed by atoms with Crippen LogP contribution in [0.1, 0.15) is 51.3 Å². The largest absolute Gasteiger partial charge is 0.349 e. The van der Waals surface area contributed by atoms with Crippen LogP contribution in [0.2, 0.25) is 5.02 Å². The number of benzene rings is 1. The predicted octanol–water partition coefficient (Wildman–Crippen LogP) is 5.37. The van der Waals surface area contributed by atoms with Gasteiger partial charge < -0.3 is 10.6 Å². The Hall–Kier alpha value is -1.50. The Bertz CT molecular complexity index is 837. The lowest BCUT2D eigenvalue weighted by Crippen LogP contribution is -2.39. The van der Waals surface area contributed by atoms with Gasteiger partial charge in [0.15, 0.2) is 0 Å². The first-order chi connectivity index (χ1) is 13.0. The third-order valence-corrected chi connectivity index (χ3v) is 7.35. The summed E-state index contributed by atoms with van der Waals surface area (Å²) in [5, 5.41) is 7.69. The van der Waals surface area contributed by atoms with Crippen LogP contribution in [-0.4, -0.2) is 29.4 Å². The van der Waals surface area contributed by atoms with Crippen LogP contribution >= 0.6 is 34.7 Å². The van der Waals surface area contributed by atoms with E-state index in [1.165, 1.54) is 17.8 Å². The van der Waals surface area contributed by atoms with Crippen molar-refractivity contribution in [3.63, 3.8) is 0 Å². The topological polar surface area (TPSA) is 58.2 Å². The molecule has 1 aliphatic carbocycles. The normalized spacial score (nSPS) is 19.5. The molecule has 1 aliphatic rings. The minimum atomic E-state index is -0.274. The molecule has 1 heterocycles. The van der Waals surface area contributed by atoms with Crippen molar-refractivity contribution in [3.05, 3.63) is 51.4 Å². The Morgan fingerprint density at radius 3 is 2.74 bits per heavy atom. The summed E-state index contributed by atoms with van der Waals surface area (Å²) < 4.78 is 0. The summed E-state index contributed by atoms with van der Waals surface area (Å²) in [4.78, 5) is 25.8. The first kappa shape index (κ1) is 20.2. The van der Waals surface area contributed by atoms with Crippen molar-refractivity contribution < 1.29 is 9.59 Å². The lowest BCUT2D eigenvalue weighted by atomic mass is 9.95. The summed E-state index contributed by atoms with van der Waals surface area (Å²) >= 11 is 9.26. The first-order valence-corrected chi connectivity index (χ1v) is 11.5. The van der Waals surface area contributed by atoms with Gasteiger partial charge in [0.1, 0.15) is 0 Å². The highest BCUT2D eigenvalue weighted by molar-refractivity contribution is 7.99. The highest BCUT2D eigenvalue weighted by Gasteiger charge is 2.24. The van der Waals surface area contributed by atoms with E-state index in [0.29, 0.717) is 25.7 Å². The van der Waals surface area contributed by atoms with E-state index in [2.05, 4.69) is 16.9 Å². The molecule has 0 radical (unpaired) electrons. The quantitative estimate of drug-likeness (QED) is 0.681. The highest BCUT2D eigenvalue weighted by Crippen LogP contribution is 2.30. The van der Waals surface area contributed by atoms with Gasteiger partial charge in [0, 0.05) is 11.3 Å². The second-order valence-electron chi connectivity index (χ2n) is 6.75. The fourth-order valence-corrected chi connectivity index (χ4v) is 5.35. The van der Waals surface area contributed by atoms with E-state index >= 15 is 0 Å². The molecule has 1 saturated carbocycles. The third kappa shape index (κ3) is 5.06. The van der Waals surface area contributed by atoms with Crippen molar-refractivity contribution in [2.75, 3.05) is 11.6 Å². The van der Waals surface area contributed by atoms with Crippen LogP contribution < -0.4 is 10.6 Å². The molecular formula is C20H23ClN2O2S2. The van der Waals surface area contributed by atoms with Crippen LogP contribution in [0.3, 0.4) is 0 Å². The Kier molecular flexibility index (Phi) is 6.84. The number of thioether (sulfide) groups is 1. The Balaban J connectivity index is 1.66. The lowest BCUT2D eigenvalue weighted by molar-refractivity contribution is 0.0931. The Labute approximate surface area is 173 Å². The zero-order valence-corrected chi connectivity index (χ0v) is 17.8. The van der Waals surface area contributed by atoms with Crippen LogP contribution in [0, 0.1) is 6.92 Å². The minimum Gasteiger partial charge on any atom is -0.349 e. The molecule has 2 N–H and O–H groups in total. The number of thiophene rings is 1. The van der Waals surface area contributed by atoms with E-state index in [0.717, 1.165) is 24.8 Å². The number of halogens is 1. The van der Waals surface area contributed by atoms with Gasteiger partial charge in [0.2, 0.25) is 0 Å². The molecule has 1 aromatic carbocycles. The molecule has 27 heavy (non-hydrogen) atoms. The number of rotatable bonds is 5. The maximum Gasteiger partial charge on any atom is 0.261 e. The number of aryl methyl sites for hydroxylation is 1. The molecule has 2 unspecified atom stereocenters. The van der Waals surface area contributed by atoms with E-state index in [1.807, 2.05) is 24.8 Å². The lowest BCUT2D eigenvalue weighted by Gasteiger charge is -2.28. The van der Waals surface area contributed by atoms with Gasteiger partial charge in [0.05, 0.1) is 20.5 Å². The molecule has 144 valence electrons. The Morgan fingerprint density at radius 1 is 1.22 bits per heavy atom. The third-order valence-electron chi connectivity index (χ3n) is 4.77. The van der Waals surface area contributed by atoms with E-state index in [4.69, 9.17) is 11.6 Å². The average molecular weight is 423 g/mol. The number of hydrogen-bond acceptors (Lipinski definition) is 4. The molecule has 0 aliphatic heterocycles. The maximum absolute atomic E-state index is 12.7. The second kappa shape index (κ2) is 9.13. The van der Waals surface area contributed by atoms with E-state index < -0.39 is 0 Å². The highest BCUT2D eigenvalue weighted by atomic mass is 35.5. The second-order valence-corrected chi connectivity index (χ2v) is 9.35. The van der Waals surface area contributed by atoms with Crippen LogP contribution in [0.4, 0.5) is 5.00 Å². The maximum atomic E-state index is 12.7. The molecule has 2 atom stereocenters. The predicted molar refractivity (Wildman–Crippen MR) is 115 cm³/mol. The summed E-state index contributed by atoms with van der Waals surface area (Å²) in [7, 11) is 0. The zero-order chi connectivity index (χ0) is 19.4. The molecule has 7 heteroatoms. The van der Waals surface area contributed by atoms with E-state index in [9.17, 15) is 9.59 Å². The number of nitrogens with one attached hydrogen (secondary N) is 2. The van der Waals surface area contributed by atoms with Crippen molar-refractivity contribution in [1.29, 1.82) is 0 Å². The fraction of sp³-hybridized carbons (Fsp3) is 0.400. The number of anilines is 1. The number of carbonyl (C=O) groups is 2. The van der Waals surface area contributed by atoms with Gasteiger partial charge >= 0.3 is 0 Å². The molecule has 4 nitrogen and oxygen atoms in total. The van der Waals surface area contributed by atoms with Crippen LogP contribution in [0.25, 0.3) is 0 Å². The Morgan fingerprint density at radius 2 is 2.00 bits per heavy atom. The molecule has 3 rings (SSSR count). The molecule has 2 amide bonds.